The summed E-state index contributed by atoms with van der Waals surface area (Å²) in [4.78, 5) is 0. The number of rotatable bonds is 5. The van der Waals surface area contributed by atoms with E-state index >= 15 is 0 Å². The summed E-state index contributed by atoms with van der Waals surface area (Å²) in [6, 6.07) is 6.46. The quantitative estimate of drug-likeness (QED) is 0.816. The van der Waals surface area contributed by atoms with Gasteiger partial charge in [-0.25, -0.2) is 0 Å². The van der Waals surface area contributed by atoms with E-state index < -0.39 is 0 Å². The molecule has 0 bridgehead atoms. The van der Waals surface area contributed by atoms with Gasteiger partial charge in [0.05, 0.1) is 7.11 Å². The molecular weight excluding hydrogens is 230 g/mol. The van der Waals surface area contributed by atoms with Crippen LogP contribution in [0.5, 0.6) is 5.75 Å². The van der Waals surface area contributed by atoms with E-state index in [0.29, 0.717) is 5.25 Å². The van der Waals surface area contributed by atoms with Crippen LogP contribution in [-0.2, 0) is 6.42 Å². The van der Waals surface area contributed by atoms with E-state index in [1.54, 1.807) is 7.11 Å². The predicted molar refractivity (Wildman–Crippen MR) is 74.8 cm³/mol. The van der Waals surface area contributed by atoms with Crippen molar-refractivity contribution in [2.75, 3.05) is 12.9 Å². The first-order chi connectivity index (χ1) is 8.26. The van der Waals surface area contributed by atoms with E-state index in [2.05, 4.69) is 19.1 Å². The van der Waals surface area contributed by atoms with Crippen molar-refractivity contribution in [2.45, 2.75) is 37.5 Å². The highest BCUT2D eigenvalue weighted by atomic mass is 32.2. The number of unbranched alkanes of at least 4 members (excludes halogenated alkanes) is 1. The summed E-state index contributed by atoms with van der Waals surface area (Å²) in [5.74, 6) is 2.14. The number of ether oxygens (including phenoxy) is 1. The van der Waals surface area contributed by atoms with E-state index in [9.17, 15) is 0 Å². The van der Waals surface area contributed by atoms with Crippen LogP contribution in [0.25, 0.3) is 0 Å². The zero-order valence-corrected chi connectivity index (χ0v) is 11.4. The van der Waals surface area contributed by atoms with Crippen molar-refractivity contribution >= 4 is 11.8 Å². The molecule has 94 valence electrons. The Balaban J connectivity index is 2.04. The molecule has 2 nitrogen and oxygen atoms in total. The van der Waals surface area contributed by atoms with Gasteiger partial charge in [0.2, 0.25) is 0 Å². The number of nitrogens with two attached hydrogens (primary N) is 1. The highest BCUT2D eigenvalue weighted by molar-refractivity contribution is 7.99. The van der Waals surface area contributed by atoms with Crippen molar-refractivity contribution in [3.05, 3.63) is 29.3 Å². The molecule has 1 aromatic carbocycles. The van der Waals surface area contributed by atoms with Crippen molar-refractivity contribution in [1.29, 1.82) is 0 Å². The highest BCUT2D eigenvalue weighted by Crippen LogP contribution is 2.38. The van der Waals surface area contributed by atoms with Gasteiger partial charge in [-0.1, -0.05) is 19.4 Å². The van der Waals surface area contributed by atoms with E-state index in [1.165, 1.54) is 29.7 Å². The van der Waals surface area contributed by atoms with E-state index in [1.807, 2.05) is 17.8 Å². The normalized spacial score (nSPS) is 22.5. The Bertz CT molecular complexity index is 380. The molecule has 0 spiro atoms. The van der Waals surface area contributed by atoms with Crippen molar-refractivity contribution in [2.24, 2.45) is 5.73 Å². The second kappa shape index (κ2) is 5.78. The van der Waals surface area contributed by atoms with Crippen molar-refractivity contribution in [1.82, 2.24) is 0 Å². The lowest BCUT2D eigenvalue weighted by Gasteiger charge is -2.15. The molecule has 0 radical (unpaired) electrons. The molecule has 0 aromatic heterocycles. The summed E-state index contributed by atoms with van der Waals surface area (Å²) in [6.07, 6.45) is 3.65. The van der Waals surface area contributed by atoms with Gasteiger partial charge >= 0.3 is 0 Å². The van der Waals surface area contributed by atoms with Gasteiger partial charge < -0.3 is 10.5 Å². The zero-order chi connectivity index (χ0) is 12.3. The molecule has 2 N–H and O–H groups in total. The van der Waals surface area contributed by atoms with Crippen molar-refractivity contribution < 1.29 is 4.74 Å². The van der Waals surface area contributed by atoms with E-state index in [4.69, 9.17) is 10.5 Å². The third-order valence-corrected chi connectivity index (χ3v) is 4.78. The Kier molecular flexibility index (Phi) is 4.35. The average molecular weight is 251 g/mol. The summed E-state index contributed by atoms with van der Waals surface area (Å²) in [7, 11) is 1.70. The summed E-state index contributed by atoms with van der Waals surface area (Å²) in [5.41, 5.74) is 8.99. The van der Waals surface area contributed by atoms with Gasteiger partial charge in [0, 0.05) is 11.3 Å². The Morgan fingerprint density at radius 3 is 3.00 bits per heavy atom. The van der Waals surface area contributed by atoms with Crippen molar-refractivity contribution in [3.63, 3.8) is 0 Å². The van der Waals surface area contributed by atoms with Gasteiger partial charge in [0.15, 0.2) is 0 Å². The molecule has 2 rings (SSSR count). The van der Waals surface area contributed by atoms with Crippen LogP contribution in [0.2, 0.25) is 0 Å². The lowest BCUT2D eigenvalue weighted by molar-refractivity contribution is 0.414. The van der Waals surface area contributed by atoms with Gasteiger partial charge in [0.1, 0.15) is 5.75 Å². The van der Waals surface area contributed by atoms with Crippen LogP contribution in [-0.4, -0.2) is 18.1 Å². The first-order valence-electron chi connectivity index (χ1n) is 6.30. The van der Waals surface area contributed by atoms with Crippen LogP contribution >= 0.6 is 11.8 Å². The van der Waals surface area contributed by atoms with Crippen LogP contribution in [0, 0.1) is 0 Å². The summed E-state index contributed by atoms with van der Waals surface area (Å²) < 4.78 is 5.26. The molecule has 1 aromatic rings. The van der Waals surface area contributed by atoms with E-state index in [-0.39, 0.29) is 6.04 Å². The zero-order valence-electron chi connectivity index (χ0n) is 10.6. The highest BCUT2D eigenvalue weighted by Gasteiger charge is 2.29. The standard InChI is InChI=1S/C14H21NOS/c1-3-4-7-17-13-8-10-5-6-11(16-2)9-12(10)14(13)15/h5-6,9,13-14H,3-4,7-8,15H2,1-2H3. The van der Waals surface area contributed by atoms with Crippen LogP contribution in [0.3, 0.4) is 0 Å². The smallest absolute Gasteiger partial charge is 0.119 e. The van der Waals surface area contributed by atoms with Crippen molar-refractivity contribution in [3.8, 4) is 5.75 Å². The fourth-order valence-electron chi connectivity index (χ4n) is 2.28. The molecule has 1 aliphatic rings. The van der Waals surface area contributed by atoms with Gasteiger partial charge in [-0.15, -0.1) is 0 Å². The molecule has 1 aliphatic carbocycles. The number of benzene rings is 1. The lowest BCUT2D eigenvalue weighted by Crippen LogP contribution is -2.19. The third kappa shape index (κ3) is 2.78. The second-order valence-corrected chi connectivity index (χ2v) is 5.90. The molecule has 0 amide bonds. The summed E-state index contributed by atoms with van der Waals surface area (Å²) >= 11 is 2.02. The number of fused-ring (bicyclic) bond motifs is 1. The second-order valence-electron chi connectivity index (χ2n) is 4.56. The van der Waals surface area contributed by atoms with Crippen LogP contribution in [0.4, 0.5) is 0 Å². The number of hydrogen-bond donors (Lipinski definition) is 1. The lowest BCUT2D eigenvalue weighted by atomic mass is 10.1. The van der Waals surface area contributed by atoms with Gasteiger partial charge in [-0.05, 0) is 41.9 Å². The first kappa shape index (κ1) is 12.8. The predicted octanol–water partition coefficient (Wildman–Crippen LogP) is 3.15. The van der Waals surface area contributed by atoms with Gasteiger partial charge in [0.25, 0.3) is 0 Å². The molecule has 0 aliphatic heterocycles. The minimum absolute atomic E-state index is 0.168. The maximum atomic E-state index is 6.32. The third-order valence-electron chi connectivity index (χ3n) is 3.36. The summed E-state index contributed by atoms with van der Waals surface area (Å²) in [6.45, 7) is 2.23. The molecule has 0 saturated heterocycles. The maximum absolute atomic E-state index is 6.32. The average Bonchev–Trinajstić information content (AvgIpc) is 2.66. The van der Waals surface area contributed by atoms with Crippen LogP contribution in [0.1, 0.15) is 36.9 Å². The van der Waals surface area contributed by atoms with Gasteiger partial charge in [-0.2, -0.15) is 11.8 Å². The molecule has 0 saturated carbocycles. The minimum Gasteiger partial charge on any atom is -0.497 e. The molecule has 2 unspecified atom stereocenters. The Hall–Kier alpha value is -0.670. The Labute approximate surface area is 108 Å². The largest absolute Gasteiger partial charge is 0.497 e. The topological polar surface area (TPSA) is 35.2 Å². The SMILES string of the molecule is CCCCSC1Cc2ccc(OC)cc2C1N. The fraction of sp³-hybridized carbons (Fsp3) is 0.571. The monoisotopic (exact) mass is 251 g/mol. The van der Waals surface area contributed by atoms with Gasteiger partial charge in [-0.3, -0.25) is 0 Å². The Morgan fingerprint density at radius 2 is 2.29 bits per heavy atom. The first-order valence-corrected chi connectivity index (χ1v) is 7.35. The van der Waals surface area contributed by atoms with E-state index in [0.717, 1.165) is 12.2 Å². The molecule has 2 atom stereocenters. The molecular formula is C14H21NOS. The minimum atomic E-state index is 0.168. The number of methoxy groups -OCH3 is 1. The number of thioether (sulfide) groups is 1. The molecule has 0 heterocycles. The van der Waals surface area contributed by atoms with Crippen LogP contribution in [0.15, 0.2) is 18.2 Å². The van der Waals surface area contributed by atoms with Crippen LogP contribution < -0.4 is 10.5 Å². The number of hydrogen-bond acceptors (Lipinski definition) is 3. The molecule has 0 fully saturated rings. The Morgan fingerprint density at radius 1 is 1.47 bits per heavy atom. The fourth-order valence-corrected chi connectivity index (χ4v) is 3.69. The molecule has 3 heteroatoms. The molecule has 17 heavy (non-hydrogen) atoms. The maximum Gasteiger partial charge on any atom is 0.119 e. The summed E-state index contributed by atoms with van der Waals surface area (Å²) in [5, 5.41) is 0.545.